The second-order valence-electron chi connectivity index (χ2n) is 10.8. The molecule has 6 heteroatoms. The van der Waals surface area contributed by atoms with Gasteiger partial charge < -0.3 is 9.80 Å². The van der Waals surface area contributed by atoms with Crippen molar-refractivity contribution >= 4 is 57.4 Å². The summed E-state index contributed by atoms with van der Waals surface area (Å²) in [7, 11) is 8.18. The monoisotopic (exact) mass is 594 g/mol. The molecule has 0 fully saturated rings. The highest BCUT2D eigenvalue weighted by Crippen LogP contribution is 2.29. The molecule has 0 saturated carbocycles. The molecule has 0 spiro atoms. The summed E-state index contributed by atoms with van der Waals surface area (Å²) in [4.78, 5) is 8.06. The quantitative estimate of drug-likeness (QED) is 0.0931. The zero-order valence-electron chi connectivity index (χ0n) is 24.8. The molecular formula is C36H42N4S2+2. The zero-order chi connectivity index (χ0) is 29.1. The molecule has 2 aliphatic rings. The van der Waals surface area contributed by atoms with Gasteiger partial charge in [0.2, 0.25) is 0 Å². The maximum Gasteiger partial charge on any atom is 0.169 e. The number of likely N-dealkylation sites (N-methyl/N-ethyl adjacent to an activating group) is 2. The van der Waals surface area contributed by atoms with Gasteiger partial charge >= 0.3 is 0 Å². The summed E-state index contributed by atoms with van der Waals surface area (Å²) in [6, 6.07) is 17.9. The SMILES string of the molecule is C=CC(/C=C/c1ccc2c(c1)CCN2C)=C\C=[NH+]CCSSCC[n+]1ccc(/C=C/c2ccc3c(c2)CCN3C)cc1. The van der Waals surface area contributed by atoms with E-state index in [0.29, 0.717) is 0 Å². The Kier molecular flexibility index (Phi) is 10.8. The van der Waals surface area contributed by atoms with Crippen LogP contribution in [0.3, 0.4) is 0 Å². The van der Waals surface area contributed by atoms with Gasteiger partial charge in [0, 0.05) is 56.8 Å². The third-order valence-corrected chi connectivity index (χ3v) is 10.2. The highest BCUT2D eigenvalue weighted by Gasteiger charge is 2.15. The summed E-state index contributed by atoms with van der Waals surface area (Å²) >= 11 is 0. The lowest BCUT2D eigenvalue weighted by molar-refractivity contribution is -0.692. The number of aromatic nitrogens is 1. The molecule has 0 saturated heterocycles. The van der Waals surface area contributed by atoms with Crippen LogP contribution in [0.15, 0.2) is 91.3 Å². The van der Waals surface area contributed by atoms with Crippen LogP contribution in [0.2, 0.25) is 0 Å². The van der Waals surface area contributed by atoms with Gasteiger partial charge in [-0.3, -0.25) is 0 Å². The molecule has 3 aromatic rings. The molecular weight excluding hydrogens is 553 g/mol. The topological polar surface area (TPSA) is 24.3 Å². The lowest BCUT2D eigenvalue weighted by Gasteiger charge is -2.11. The molecule has 1 aromatic heterocycles. The molecule has 4 nitrogen and oxygen atoms in total. The number of anilines is 2. The van der Waals surface area contributed by atoms with E-state index in [1.807, 2.05) is 33.9 Å². The molecule has 5 rings (SSSR count). The van der Waals surface area contributed by atoms with Crippen LogP contribution in [0, 0.1) is 0 Å². The molecule has 0 aliphatic carbocycles. The molecule has 0 atom stereocenters. The standard InChI is InChI=1S/C36H41N4S2/c1-4-29(5-7-31-9-11-35-33(27-31)16-20-38(35)2)13-18-37-19-25-41-42-26-24-40-22-14-30(15-23-40)6-8-32-10-12-36-34(28-32)17-21-39(36)3/h4-15,18,22-23,27-28H,1,16-17,19-21,24-26H2,2-3H3/q+1/p+1/b7-5+,29-13+,37-18?. The number of hydrogen-bond donors (Lipinski definition) is 1. The van der Waals surface area contributed by atoms with Crippen LogP contribution in [0.1, 0.15) is 27.8 Å². The Bertz CT molecular complexity index is 1490. The Labute approximate surface area is 259 Å². The number of fused-ring (bicyclic) bond motifs is 2. The third kappa shape index (κ3) is 8.30. The van der Waals surface area contributed by atoms with Crippen LogP contribution in [0.25, 0.3) is 18.2 Å². The van der Waals surface area contributed by atoms with Gasteiger partial charge in [-0.05, 0) is 70.5 Å². The molecule has 0 radical (unpaired) electrons. The minimum atomic E-state index is 0.940. The van der Waals surface area contributed by atoms with E-state index in [0.717, 1.165) is 56.1 Å². The van der Waals surface area contributed by atoms with Gasteiger partial charge in [-0.15, -0.1) is 0 Å². The van der Waals surface area contributed by atoms with Crippen molar-refractivity contribution in [3.05, 3.63) is 119 Å². The number of rotatable bonds is 13. The predicted octanol–water partition coefficient (Wildman–Crippen LogP) is 5.49. The molecule has 42 heavy (non-hydrogen) atoms. The van der Waals surface area contributed by atoms with Crippen molar-refractivity contribution in [2.24, 2.45) is 0 Å². The van der Waals surface area contributed by atoms with Crippen molar-refractivity contribution in [1.82, 2.24) is 0 Å². The van der Waals surface area contributed by atoms with E-state index >= 15 is 0 Å². The number of allylic oxidation sites excluding steroid dienone is 4. The van der Waals surface area contributed by atoms with Crippen LogP contribution in [-0.2, 0) is 19.4 Å². The summed E-state index contributed by atoms with van der Waals surface area (Å²) < 4.78 is 2.26. The normalized spacial score (nSPS) is 15.0. The van der Waals surface area contributed by atoms with Crippen molar-refractivity contribution in [2.75, 3.05) is 55.0 Å². The predicted molar refractivity (Wildman–Crippen MR) is 187 cm³/mol. The van der Waals surface area contributed by atoms with E-state index in [4.69, 9.17) is 0 Å². The van der Waals surface area contributed by atoms with Crippen molar-refractivity contribution in [3.8, 4) is 0 Å². The van der Waals surface area contributed by atoms with Crippen LogP contribution < -0.4 is 19.4 Å². The minimum absolute atomic E-state index is 0.940. The Morgan fingerprint density at radius 2 is 1.45 bits per heavy atom. The van der Waals surface area contributed by atoms with Crippen LogP contribution >= 0.6 is 21.6 Å². The van der Waals surface area contributed by atoms with Crippen LogP contribution in [0.4, 0.5) is 11.4 Å². The maximum atomic E-state index is 3.97. The molecule has 0 unspecified atom stereocenters. The Hall–Kier alpha value is -3.48. The number of aryl methyl sites for hydroxylation is 1. The van der Waals surface area contributed by atoms with Crippen molar-refractivity contribution in [2.45, 2.75) is 19.4 Å². The van der Waals surface area contributed by atoms with Crippen molar-refractivity contribution in [1.29, 1.82) is 0 Å². The number of benzene rings is 2. The van der Waals surface area contributed by atoms with Gasteiger partial charge in [0.05, 0.1) is 11.5 Å². The van der Waals surface area contributed by atoms with Crippen LogP contribution in [-0.4, -0.2) is 51.4 Å². The summed E-state index contributed by atoms with van der Waals surface area (Å²) in [5.74, 6) is 2.15. The van der Waals surface area contributed by atoms with Gasteiger partial charge in [-0.1, -0.05) is 70.7 Å². The first-order valence-electron chi connectivity index (χ1n) is 14.8. The van der Waals surface area contributed by atoms with E-state index < -0.39 is 0 Å². The molecule has 0 bridgehead atoms. The van der Waals surface area contributed by atoms with E-state index in [1.54, 1.807) is 0 Å². The number of nitrogens with one attached hydrogen (secondary N) is 1. The van der Waals surface area contributed by atoms with Gasteiger partial charge in [0.1, 0.15) is 0 Å². The van der Waals surface area contributed by atoms with E-state index in [-0.39, 0.29) is 0 Å². The zero-order valence-corrected chi connectivity index (χ0v) is 26.5. The maximum absolute atomic E-state index is 3.97. The molecule has 2 aromatic carbocycles. The molecule has 2 aliphatic heterocycles. The van der Waals surface area contributed by atoms with Gasteiger partial charge in [0.25, 0.3) is 0 Å². The average molecular weight is 595 g/mol. The number of nitrogens with zero attached hydrogens (tertiary/aromatic N) is 3. The van der Waals surface area contributed by atoms with Crippen molar-refractivity contribution in [3.63, 3.8) is 0 Å². The highest BCUT2D eigenvalue weighted by molar-refractivity contribution is 8.76. The fraction of sp³-hybridized carbons (Fsp3) is 0.278. The lowest BCUT2D eigenvalue weighted by atomic mass is 10.1. The summed E-state index contributed by atoms with van der Waals surface area (Å²) in [5.41, 5.74) is 10.5. The fourth-order valence-electron chi connectivity index (χ4n) is 5.29. The molecule has 0 amide bonds. The molecule has 216 valence electrons. The Balaban J connectivity index is 0.969. The van der Waals surface area contributed by atoms with E-state index in [1.165, 1.54) is 39.2 Å². The average Bonchev–Trinajstić information content (AvgIpc) is 3.58. The summed E-state index contributed by atoms with van der Waals surface area (Å²) in [6.07, 6.45) is 21.4. The highest BCUT2D eigenvalue weighted by atomic mass is 33.1. The van der Waals surface area contributed by atoms with E-state index in [2.05, 4.69) is 131 Å². The van der Waals surface area contributed by atoms with Crippen LogP contribution in [0.5, 0.6) is 0 Å². The smallest absolute Gasteiger partial charge is 0.169 e. The molecule has 3 heterocycles. The van der Waals surface area contributed by atoms with Gasteiger partial charge in [-0.25, -0.2) is 9.56 Å². The van der Waals surface area contributed by atoms with E-state index in [9.17, 15) is 0 Å². The first kappa shape index (κ1) is 30.0. The second-order valence-corrected chi connectivity index (χ2v) is 13.5. The second kappa shape index (κ2) is 15.1. The molecule has 1 N–H and O–H groups in total. The number of pyridine rings is 1. The lowest BCUT2D eigenvalue weighted by Crippen LogP contribution is -2.69. The fourth-order valence-corrected chi connectivity index (χ4v) is 7.19. The summed E-state index contributed by atoms with van der Waals surface area (Å²) in [5, 5.41) is 0. The number of hydrogen-bond acceptors (Lipinski definition) is 4. The minimum Gasteiger partial charge on any atom is -0.374 e. The van der Waals surface area contributed by atoms with Gasteiger partial charge in [-0.2, -0.15) is 0 Å². The first-order valence-corrected chi connectivity index (χ1v) is 17.2. The largest absolute Gasteiger partial charge is 0.374 e. The third-order valence-electron chi connectivity index (χ3n) is 7.79. The van der Waals surface area contributed by atoms with Gasteiger partial charge in [0.15, 0.2) is 31.7 Å². The first-order chi connectivity index (χ1) is 20.6. The summed E-state index contributed by atoms with van der Waals surface area (Å²) in [6.45, 7) is 8.15. The van der Waals surface area contributed by atoms with Crippen molar-refractivity contribution < 1.29 is 9.56 Å². The Morgan fingerprint density at radius 1 is 0.833 bits per heavy atom. The Morgan fingerprint density at radius 3 is 2.12 bits per heavy atom.